The quantitative estimate of drug-likeness (QED) is 0.423. The third kappa shape index (κ3) is 5.88. The predicted molar refractivity (Wildman–Crippen MR) is 136 cm³/mol. The van der Waals surface area contributed by atoms with Gasteiger partial charge in [-0.05, 0) is 80.9 Å². The second kappa shape index (κ2) is 10.6. The maximum atomic E-state index is 12.4. The first-order chi connectivity index (χ1) is 15.9. The summed E-state index contributed by atoms with van der Waals surface area (Å²) in [6.07, 6.45) is 2.49. The van der Waals surface area contributed by atoms with Crippen molar-refractivity contribution in [2.24, 2.45) is 0 Å². The first-order valence-electron chi connectivity index (χ1n) is 11.2. The molecule has 0 bridgehead atoms. The zero-order valence-electron chi connectivity index (χ0n) is 18.8. The first-order valence-corrected chi connectivity index (χ1v) is 12.0. The van der Waals surface area contributed by atoms with Crippen molar-refractivity contribution >= 4 is 51.5 Å². The van der Waals surface area contributed by atoms with E-state index >= 15 is 0 Å². The van der Waals surface area contributed by atoms with E-state index in [2.05, 4.69) is 35.4 Å². The highest BCUT2D eigenvalue weighted by atomic mass is 35.5. The van der Waals surface area contributed by atoms with Gasteiger partial charge in [-0.15, -0.1) is 0 Å². The lowest BCUT2D eigenvalue weighted by Gasteiger charge is -2.23. The molecule has 2 heterocycles. The number of fused-ring (bicyclic) bond motifs is 1. The smallest absolute Gasteiger partial charge is 0.262 e. The molecule has 174 valence electrons. The van der Waals surface area contributed by atoms with E-state index in [-0.39, 0.29) is 12.5 Å². The topological polar surface area (TPSA) is 66.5 Å². The molecule has 1 amide bonds. The van der Waals surface area contributed by atoms with Crippen molar-refractivity contribution in [1.29, 1.82) is 0 Å². The van der Waals surface area contributed by atoms with E-state index < -0.39 is 0 Å². The summed E-state index contributed by atoms with van der Waals surface area (Å²) in [6.45, 7) is 7.28. The summed E-state index contributed by atoms with van der Waals surface area (Å²) >= 11 is 12.0. The molecule has 0 spiro atoms. The number of rotatable bonds is 8. The Kier molecular flexibility index (Phi) is 7.58. The molecule has 1 atom stereocenters. The Hall–Kier alpha value is -2.54. The number of aromatic nitrogens is 1. The third-order valence-electron chi connectivity index (χ3n) is 5.98. The number of pyridine rings is 1. The summed E-state index contributed by atoms with van der Waals surface area (Å²) in [5.74, 6) is 1.02. The highest BCUT2D eigenvalue weighted by Gasteiger charge is 2.22. The number of nitrogens with zero attached hydrogens (tertiary/aromatic N) is 2. The van der Waals surface area contributed by atoms with Crippen LogP contribution in [-0.2, 0) is 4.79 Å². The van der Waals surface area contributed by atoms with Crippen molar-refractivity contribution in [2.75, 3.05) is 36.9 Å². The lowest BCUT2D eigenvalue weighted by molar-refractivity contribution is -0.118. The number of hydrogen-bond donors (Lipinski definition) is 2. The highest BCUT2D eigenvalue weighted by Crippen LogP contribution is 2.28. The normalized spacial score (nSPS) is 16.2. The number of likely N-dealkylation sites (tertiary alicyclic amines) is 1. The molecular formula is C25H28Cl2N4O2. The van der Waals surface area contributed by atoms with Crippen LogP contribution in [0.15, 0.2) is 42.5 Å². The minimum absolute atomic E-state index is 0.157. The van der Waals surface area contributed by atoms with Crippen molar-refractivity contribution in [3.8, 4) is 5.75 Å². The predicted octanol–water partition coefficient (Wildman–Crippen LogP) is 5.76. The molecule has 6 nitrogen and oxygen atoms in total. The number of aryl methyl sites for hydroxylation is 1. The number of benzene rings is 2. The van der Waals surface area contributed by atoms with Crippen molar-refractivity contribution in [2.45, 2.75) is 32.7 Å². The second-order valence-corrected chi connectivity index (χ2v) is 9.12. The van der Waals surface area contributed by atoms with Crippen LogP contribution in [0.4, 0.5) is 11.5 Å². The fourth-order valence-electron chi connectivity index (χ4n) is 4.26. The Morgan fingerprint density at radius 3 is 2.85 bits per heavy atom. The molecule has 2 aromatic carbocycles. The molecule has 1 aromatic heterocycles. The molecular weight excluding hydrogens is 459 g/mol. The summed E-state index contributed by atoms with van der Waals surface area (Å²) in [4.78, 5) is 19.6. The molecule has 2 N–H and O–H groups in total. The molecule has 1 saturated heterocycles. The van der Waals surface area contributed by atoms with Gasteiger partial charge in [0.15, 0.2) is 6.61 Å². The summed E-state index contributed by atoms with van der Waals surface area (Å²) in [5, 5.41) is 8.25. The maximum absolute atomic E-state index is 12.4. The molecule has 1 aliphatic rings. The number of amides is 1. The van der Waals surface area contributed by atoms with E-state index in [9.17, 15) is 4.79 Å². The summed E-state index contributed by atoms with van der Waals surface area (Å²) < 4.78 is 5.51. The van der Waals surface area contributed by atoms with Crippen LogP contribution in [0.3, 0.4) is 0 Å². The molecule has 4 rings (SSSR count). The van der Waals surface area contributed by atoms with E-state index in [1.165, 1.54) is 19.4 Å². The van der Waals surface area contributed by atoms with Gasteiger partial charge in [-0.1, -0.05) is 30.1 Å². The number of anilines is 2. The van der Waals surface area contributed by atoms with Crippen molar-refractivity contribution < 1.29 is 9.53 Å². The molecule has 33 heavy (non-hydrogen) atoms. The van der Waals surface area contributed by atoms with Gasteiger partial charge in [0.2, 0.25) is 0 Å². The zero-order valence-corrected chi connectivity index (χ0v) is 20.3. The summed E-state index contributed by atoms with van der Waals surface area (Å²) in [7, 11) is 0. The van der Waals surface area contributed by atoms with E-state index in [1.807, 2.05) is 18.2 Å². The van der Waals surface area contributed by atoms with Gasteiger partial charge >= 0.3 is 0 Å². The maximum Gasteiger partial charge on any atom is 0.262 e. The zero-order chi connectivity index (χ0) is 23.4. The van der Waals surface area contributed by atoms with Crippen molar-refractivity contribution in [3.05, 3.63) is 58.1 Å². The second-order valence-electron chi connectivity index (χ2n) is 8.27. The van der Waals surface area contributed by atoms with E-state index in [4.69, 9.17) is 32.9 Å². The molecule has 1 aliphatic heterocycles. The van der Waals surface area contributed by atoms with Crippen LogP contribution in [0, 0.1) is 6.92 Å². The molecule has 0 aliphatic carbocycles. The van der Waals surface area contributed by atoms with Gasteiger partial charge in [0.25, 0.3) is 5.91 Å². The van der Waals surface area contributed by atoms with Crippen LogP contribution in [0.25, 0.3) is 10.9 Å². The minimum Gasteiger partial charge on any atom is -0.482 e. The standard InChI is InChI=1S/C25H28Cl2N4O2/c1-3-31-10-4-5-19(31)14-28-24-11-16(2)20-13-18(7-8-22(20)30-24)29-25(32)15-33-23-9-6-17(26)12-21(23)27/h6-9,11-13,19H,3-5,10,14-15H2,1-2H3,(H,28,30)(H,29,32). The summed E-state index contributed by atoms with van der Waals surface area (Å²) in [6, 6.07) is 13.2. The Morgan fingerprint density at radius 1 is 1.21 bits per heavy atom. The van der Waals surface area contributed by atoms with Gasteiger partial charge in [0.05, 0.1) is 10.5 Å². The van der Waals surface area contributed by atoms with E-state index in [1.54, 1.807) is 18.2 Å². The number of likely N-dealkylation sites (N-methyl/N-ethyl adjacent to an activating group) is 1. The van der Waals surface area contributed by atoms with Crippen LogP contribution in [0.5, 0.6) is 5.75 Å². The van der Waals surface area contributed by atoms with E-state index in [0.717, 1.165) is 35.4 Å². The number of ether oxygens (including phenoxy) is 1. The Labute approximate surface area is 204 Å². The van der Waals surface area contributed by atoms with Crippen LogP contribution in [0.2, 0.25) is 10.0 Å². The highest BCUT2D eigenvalue weighted by molar-refractivity contribution is 6.35. The van der Waals surface area contributed by atoms with Gasteiger partial charge in [0.1, 0.15) is 11.6 Å². The van der Waals surface area contributed by atoms with E-state index in [0.29, 0.717) is 27.5 Å². The third-order valence-corrected chi connectivity index (χ3v) is 6.51. The van der Waals surface area contributed by atoms with Gasteiger partial charge < -0.3 is 15.4 Å². The monoisotopic (exact) mass is 486 g/mol. The van der Waals surface area contributed by atoms with Crippen LogP contribution < -0.4 is 15.4 Å². The van der Waals surface area contributed by atoms with Crippen molar-refractivity contribution in [1.82, 2.24) is 9.88 Å². The van der Waals surface area contributed by atoms with Crippen LogP contribution in [0.1, 0.15) is 25.3 Å². The molecule has 1 unspecified atom stereocenters. The number of nitrogens with one attached hydrogen (secondary N) is 2. The van der Waals surface area contributed by atoms with Crippen molar-refractivity contribution in [3.63, 3.8) is 0 Å². The number of halogens is 2. The Balaban J connectivity index is 1.38. The largest absolute Gasteiger partial charge is 0.482 e. The fourth-order valence-corrected chi connectivity index (χ4v) is 4.72. The number of hydrogen-bond acceptors (Lipinski definition) is 5. The van der Waals surface area contributed by atoms with Gasteiger partial charge in [-0.2, -0.15) is 0 Å². The van der Waals surface area contributed by atoms with Crippen LogP contribution in [-0.4, -0.2) is 48.1 Å². The Bertz CT molecular complexity index is 1150. The first kappa shape index (κ1) is 23.6. The number of carbonyl (C=O) groups excluding carboxylic acids is 1. The van der Waals surface area contributed by atoms with Gasteiger partial charge in [-0.25, -0.2) is 4.98 Å². The molecule has 0 saturated carbocycles. The minimum atomic E-state index is -0.277. The lowest BCUT2D eigenvalue weighted by atomic mass is 10.1. The molecule has 3 aromatic rings. The molecule has 8 heteroatoms. The van der Waals surface area contributed by atoms with Gasteiger partial charge in [0, 0.05) is 28.7 Å². The van der Waals surface area contributed by atoms with Gasteiger partial charge in [-0.3, -0.25) is 9.69 Å². The molecule has 0 radical (unpaired) electrons. The Morgan fingerprint density at radius 2 is 2.06 bits per heavy atom. The number of carbonyl (C=O) groups is 1. The van der Waals surface area contributed by atoms with Crippen LogP contribution >= 0.6 is 23.2 Å². The average molecular weight is 487 g/mol. The fraction of sp³-hybridized carbons (Fsp3) is 0.360. The lowest BCUT2D eigenvalue weighted by Crippen LogP contribution is -2.34. The molecule has 1 fully saturated rings. The summed E-state index contributed by atoms with van der Waals surface area (Å²) in [5.41, 5.74) is 2.67. The average Bonchev–Trinajstić information content (AvgIpc) is 3.25. The SMILES string of the molecule is CCN1CCCC1CNc1cc(C)c2cc(NC(=O)COc3ccc(Cl)cc3Cl)ccc2n1.